The standard InChI is InChI=1S/C17H28N4O2.C2HF3O2/c1-4-15-20-21-16(23-15)10-11-5-6-12(9-11)18-13-7-8-14(22)19-17(13,2)3;3-2(4,5)1(6)7/h11-13,18H,4-10H2,1-3H3,(H,19,22);(H,6,7)/t11-,12+,13?;/m1./s1. The summed E-state index contributed by atoms with van der Waals surface area (Å²) >= 11 is 0. The number of aromatic nitrogens is 2. The average molecular weight is 434 g/mol. The minimum absolute atomic E-state index is 0.167. The second-order valence-electron chi connectivity index (χ2n) is 8.35. The van der Waals surface area contributed by atoms with Gasteiger partial charge < -0.3 is 20.2 Å². The van der Waals surface area contributed by atoms with Crippen molar-refractivity contribution in [3.05, 3.63) is 11.8 Å². The molecule has 1 aromatic rings. The molecular weight excluding hydrogens is 405 g/mol. The van der Waals surface area contributed by atoms with Gasteiger partial charge in [0.1, 0.15) is 0 Å². The van der Waals surface area contributed by atoms with Crippen molar-refractivity contribution in [2.24, 2.45) is 5.92 Å². The monoisotopic (exact) mass is 434 g/mol. The number of alkyl halides is 3. The third-order valence-corrected chi connectivity index (χ3v) is 5.49. The van der Waals surface area contributed by atoms with E-state index in [2.05, 4.69) is 34.7 Å². The lowest BCUT2D eigenvalue weighted by atomic mass is 9.86. The number of aryl methyl sites for hydroxylation is 1. The largest absolute Gasteiger partial charge is 0.490 e. The van der Waals surface area contributed by atoms with E-state index in [4.69, 9.17) is 14.3 Å². The van der Waals surface area contributed by atoms with Gasteiger partial charge in [-0.3, -0.25) is 4.79 Å². The molecule has 3 atom stereocenters. The van der Waals surface area contributed by atoms with E-state index in [0.717, 1.165) is 37.5 Å². The van der Waals surface area contributed by atoms with Gasteiger partial charge in [-0.15, -0.1) is 10.2 Å². The second-order valence-corrected chi connectivity index (χ2v) is 8.35. The van der Waals surface area contributed by atoms with Crippen LogP contribution in [-0.4, -0.2) is 51.0 Å². The Morgan fingerprint density at radius 2 is 1.90 bits per heavy atom. The normalized spacial score (nSPS) is 25.9. The first-order valence-corrected chi connectivity index (χ1v) is 10.1. The Balaban J connectivity index is 0.000000396. The van der Waals surface area contributed by atoms with Gasteiger partial charge in [-0.05, 0) is 45.4 Å². The third kappa shape index (κ3) is 6.96. The summed E-state index contributed by atoms with van der Waals surface area (Å²) in [7, 11) is 0. The van der Waals surface area contributed by atoms with Crippen molar-refractivity contribution >= 4 is 11.9 Å². The van der Waals surface area contributed by atoms with Crippen LogP contribution in [0.4, 0.5) is 13.2 Å². The van der Waals surface area contributed by atoms with Gasteiger partial charge in [0, 0.05) is 36.9 Å². The lowest BCUT2D eigenvalue weighted by Crippen LogP contribution is -2.62. The molecule has 2 heterocycles. The predicted octanol–water partition coefficient (Wildman–Crippen LogP) is 2.62. The van der Waals surface area contributed by atoms with Crippen molar-refractivity contribution in [3.8, 4) is 0 Å². The molecule has 1 aromatic heterocycles. The van der Waals surface area contributed by atoms with E-state index >= 15 is 0 Å². The number of hydrogen-bond donors (Lipinski definition) is 3. The molecule has 2 fully saturated rings. The van der Waals surface area contributed by atoms with Crippen molar-refractivity contribution in [2.75, 3.05) is 0 Å². The topological polar surface area (TPSA) is 117 Å². The summed E-state index contributed by atoms with van der Waals surface area (Å²) < 4.78 is 37.4. The summed E-state index contributed by atoms with van der Waals surface area (Å²) in [6.45, 7) is 6.25. The molecule has 30 heavy (non-hydrogen) atoms. The first-order valence-electron chi connectivity index (χ1n) is 10.1. The van der Waals surface area contributed by atoms with Crippen LogP contribution in [0.15, 0.2) is 4.42 Å². The Hall–Kier alpha value is -2.17. The SMILES string of the molecule is CCc1nnc(C[C@@H]2CC[C@H](NC3CCC(=O)NC3(C)C)C2)o1.O=C(O)C(F)(F)F. The zero-order chi connectivity index (χ0) is 22.5. The Bertz CT molecular complexity index is 736. The van der Waals surface area contributed by atoms with Crippen LogP contribution in [0.1, 0.15) is 64.7 Å². The van der Waals surface area contributed by atoms with Crippen molar-refractivity contribution in [1.29, 1.82) is 0 Å². The lowest BCUT2D eigenvalue weighted by molar-refractivity contribution is -0.192. The number of hydrogen-bond acceptors (Lipinski definition) is 6. The lowest BCUT2D eigenvalue weighted by Gasteiger charge is -2.41. The maximum atomic E-state index is 11.6. The van der Waals surface area contributed by atoms with Crippen LogP contribution in [0.2, 0.25) is 0 Å². The predicted molar refractivity (Wildman–Crippen MR) is 101 cm³/mol. The highest BCUT2D eigenvalue weighted by Gasteiger charge is 2.39. The summed E-state index contributed by atoms with van der Waals surface area (Å²) in [5.74, 6) is -0.475. The Kier molecular flexibility index (Phi) is 7.84. The summed E-state index contributed by atoms with van der Waals surface area (Å²) in [5.41, 5.74) is -0.171. The number of rotatable bonds is 5. The number of carboxylic acid groups (broad SMARTS) is 1. The van der Waals surface area contributed by atoms with E-state index in [1.807, 2.05) is 6.92 Å². The number of piperidine rings is 1. The quantitative estimate of drug-likeness (QED) is 0.652. The molecule has 0 radical (unpaired) electrons. The molecule has 1 aliphatic heterocycles. The molecule has 0 bridgehead atoms. The second kappa shape index (κ2) is 9.76. The first-order chi connectivity index (χ1) is 13.9. The zero-order valence-electron chi connectivity index (χ0n) is 17.4. The van der Waals surface area contributed by atoms with Gasteiger partial charge in [-0.25, -0.2) is 4.79 Å². The van der Waals surface area contributed by atoms with E-state index in [0.29, 0.717) is 24.4 Å². The summed E-state index contributed by atoms with van der Waals surface area (Å²) in [4.78, 5) is 20.5. The van der Waals surface area contributed by atoms with Gasteiger partial charge in [-0.2, -0.15) is 13.2 Å². The molecule has 11 heteroatoms. The summed E-state index contributed by atoms with van der Waals surface area (Å²) in [6.07, 6.45) is 1.66. The molecule has 1 aliphatic carbocycles. The molecule has 170 valence electrons. The molecule has 0 aromatic carbocycles. The molecule has 3 rings (SSSR count). The Morgan fingerprint density at radius 3 is 2.43 bits per heavy atom. The van der Waals surface area contributed by atoms with Crippen LogP contribution >= 0.6 is 0 Å². The number of carbonyl (C=O) groups is 2. The maximum absolute atomic E-state index is 11.6. The number of nitrogens with zero attached hydrogens (tertiary/aromatic N) is 2. The van der Waals surface area contributed by atoms with Crippen molar-refractivity contribution in [3.63, 3.8) is 0 Å². The van der Waals surface area contributed by atoms with Crippen LogP contribution in [-0.2, 0) is 22.4 Å². The van der Waals surface area contributed by atoms with Crippen molar-refractivity contribution in [2.45, 2.75) is 89.5 Å². The fourth-order valence-corrected chi connectivity index (χ4v) is 3.89. The van der Waals surface area contributed by atoms with Gasteiger partial charge in [-0.1, -0.05) is 6.92 Å². The van der Waals surface area contributed by atoms with Crippen molar-refractivity contribution < 1.29 is 32.3 Å². The van der Waals surface area contributed by atoms with Crippen LogP contribution in [0.25, 0.3) is 0 Å². The molecule has 0 spiro atoms. The average Bonchev–Trinajstić information content (AvgIpc) is 3.26. The molecule has 1 amide bonds. The van der Waals surface area contributed by atoms with E-state index in [-0.39, 0.29) is 11.4 Å². The number of amides is 1. The highest BCUT2D eigenvalue weighted by Crippen LogP contribution is 2.30. The van der Waals surface area contributed by atoms with Gasteiger partial charge in [0.05, 0.1) is 0 Å². The highest BCUT2D eigenvalue weighted by atomic mass is 19.4. The number of halogens is 3. The highest BCUT2D eigenvalue weighted by molar-refractivity contribution is 5.78. The van der Waals surface area contributed by atoms with Gasteiger partial charge in [0.15, 0.2) is 0 Å². The van der Waals surface area contributed by atoms with E-state index in [9.17, 15) is 18.0 Å². The van der Waals surface area contributed by atoms with Crippen LogP contribution in [0.3, 0.4) is 0 Å². The minimum Gasteiger partial charge on any atom is -0.475 e. The first kappa shape index (κ1) is 24.1. The maximum Gasteiger partial charge on any atom is 0.490 e. The Labute approximate surface area is 173 Å². The number of nitrogens with one attached hydrogen (secondary N) is 2. The van der Waals surface area contributed by atoms with Crippen LogP contribution in [0, 0.1) is 5.92 Å². The molecular formula is C19H29F3N4O4. The van der Waals surface area contributed by atoms with Gasteiger partial charge in [0.25, 0.3) is 0 Å². The minimum atomic E-state index is -5.08. The van der Waals surface area contributed by atoms with Gasteiger partial charge >= 0.3 is 12.1 Å². The van der Waals surface area contributed by atoms with E-state index in [1.54, 1.807) is 0 Å². The molecule has 1 saturated heterocycles. The molecule has 1 unspecified atom stereocenters. The van der Waals surface area contributed by atoms with Gasteiger partial charge in [0.2, 0.25) is 17.7 Å². The summed E-state index contributed by atoms with van der Waals surface area (Å²) in [5, 5.41) is 22.2. The summed E-state index contributed by atoms with van der Waals surface area (Å²) in [6, 6.07) is 0.867. The zero-order valence-corrected chi connectivity index (χ0v) is 17.4. The van der Waals surface area contributed by atoms with Crippen molar-refractivity contribution in [1.82, 2.24) is 20.8 Å². The number of carboxylic acids is 1. The fourth-order valence-electron chi connectivity index (χ4n) is 3.89. The van der Waals surface area contributed by atoms with E-state index in [1.165, 1.54) is 12.8 Å². The fraction of sp³-hybridized carbons (Fsp3) is 0.789. The molecule has 3 N–H and O–H groups in total. The molecule has 1 saturated carbocycles. The molecule has 8 nitrogen and oxygen atoms in total. The molecule has 2 aliphatic rings. The Morgan fingerprint density at radius 1 is 1.27 bits per heavy atom. The smallest absolute Gasteiger partial charge is 0.475 e. The van der Waals surface area contributed by atoms with E-state index < -0.39 is 12.1 Å². The number of carbonyl (C=O) groups excluding carboxylic acids is 1. The third-order valence-electron chi connectivity index (χ3n) is 5.49. The van der Waals surface area contributed by atoms with Crippen LogP contribution in [0.5, 0.6) is 0 Å². The van der Waals surface area contributed by atoms with Crippen LogP contribution < -0.4 is 10.6 Å². The number of aliphatic carboxylic acids is 1.